The Bertz CT molecular complexity index is 509. The first-order valence-electron chi connectivity index (χ1n) is 7.72. The molecule has 0 radical (unpaired) electrons. The van der Waals surface area contributed by atoms with Crippen LogP contribution >= 0.6 is 0 Å². The van der Waals surface area contributed by atoms with Gasteiger partial charge in [-0.25, -0.2) is 0 Å². The standard InChI is InChI=1S/C17H22N2O2.BH3/c18-10-4-7-17-8-11-19(12-9-17)15(16(17)20)13-21-14-5-2-1-3-6-14;/h1-3,5-6,15-16,20H,4,7-9,11-13H2;1H3. The van der Waals surface area contributed by atoms with Gasteiger partial charge >= 0.3 is 0 Å². The lowest BCUT2D eigenvalue weighted by Gasteiger charge is -2.56. The van der Waals surface area contributed by atoms with Gasteiger partial charge in [-0.15, -0.1) is 0 Å². The van der Waals surface area contributed by atoms with Crippen LogP contribution in [0.5, 0.6) is 5.75 Å². The Labute approximate surface area is 134 Å². The molecule has 0 amide bonds. The molecule has 22 heavy (non-hydrogen) atoms. The van der Waals surface area contributed by atoms with Gasteiger partial charge in [0.1, 0.15) is 12.4 Å². The van der Waals surface area contributed by atoms with Crippen molar-refractivity contribution in [3.63, 3.8) is 0 Å². The molecular weight excluding hydrogens is 275 g/mol. The van der Waals surface area contributed by atoms with E-state index in [2.05, 4.69) is 11.0 Å². The summed E-state index contributed by atoms with van der Waals surface area (Å²) >= 11 is 0. The van der Waals surface area contributed by atoms with E-state index in [0.717, 1.165) is 38.1 Å². The van der Waals surface area contributed by atoms with E-state index < -0.39 is 6.10 Å². The van der Waals surface area contributed by atoms with Crippen LogP contribution in [0.25, 0.3) is 0 Å². The topological polar surface area (TPSA) is 56.5 Å². The van der Waals surface area contributed by atoms with Crippen molar-refractivity contribution >= 4 is 8.41 Å². The van der Waals surface area contributed by atoms with Crippen molar-refractivity contribution in [2.24, 2.45) is 5.41 Å². The minimum atomic E-state index is -0.392. The highest BCUT2D eigenvalue weighted by molar-refractivity contribution is 5.75. The van der Waals surface area contributed by atoms with Crippen LogP contribution in [0.4, 0.5) is 0 Å². The highest BCUT2D eigenvalue weighted by atomic mass is 16.5. The van der Waals surface area contributed by atoms with Crippen molar-refractivity contribution in [3.8, 4) is 11.8 Å². The smallest absolute Gasteiger partial charge is 0.119 e. The summed E-state index contributed by atoms with van der Waals surface area (Å²) in [5.74, 6) is 0.846. The van der Waals surface area contributed by atoms with E-state index in [1.165, 1.54) is 0 Å². The number of ether oxygens (including phenoxy) is 1. The number of hydrogen-bond donors (Lipinski definition) is 1. The first-order valence-corrected chi connectivity index (χ1v) is 7.72. The Morgan fingerprint density at radius 2 is 1.95 bits per heavy atom. The molecule has 1 N–H and O–H groups in total. The number of benzene rings is 1. The largest absolute Gasteiger partial charge is 0.492 e. The summed E-state index contributed by atoms with van der Waals surface area (Å²) in [6, 6.07) is 12.0. The average molecular weight is 300 g/mol. The van der Waals surface area contributed by atoms with Crippen LogP contribution < -0.4 is 4.74 Å². The molecule has 1 aromatic carbocycles. The van der Waals surface area contributed by atoms with E-state index in [0.29, 0.717) is 13.0 Å². The number of hydrogen-bond acceptors (Lipinski definition) is 4. The fourth-order valence-electron chi connectivity index (χ4n) is 3.80. The minimum absolute atomic E-state index is 0. The molecule has 4 rings (SSSR count). The Morgan fingerprint density at radius 3 is 2.59 bits per heavy atom. The van der Waals surface area contributed by atoms with Crippen LogP contribution in [0.15, 0.2) is 30.3 Å². The van der Waals surface area contributed by atoms with E-state index in [1.54, 1.807) is 0 Å². The molecule has 5 heteroatoms. The zero-order valence-electron chi connectivity index (χ0n) is 12.2. The summed E-state index contributed by atoms with van der Waals surface area (Å²) in [6.45, 7) is 2.52. The first kappa shape index (κ1) is 16.9. The van der Waals surface area contributed by atoms with Gasteiger partial charge in [-0.2, -0.15) is 5.26 Å². The molecule has 2 unspecified atom stereocenters. The van der Waals surface area contributed by atoms with Gasteiger partial charge in [0.15, 0.2) is 0 Å². The van der Waals surface area contributed by atoms with Crippen molar-refractivity contribution < 1.29 is 9.84 Å². The fourth-order valence-corrected chi connectivity index (χ4v) is 3.80. The van der Waals surface area contributed by atoms with Gasteiger partial charge in [0.25, 0.3) is 0 Å². The quantitative estimate of drug-likeness (QED) is 0.825. The summed E-state index contributed by atoms with van der Waals surface area (Å²) in [5.41, 5.74) is -0.0742. The number of para-hydroxylation sites is 1. The monoisotopic (exact) mass is 300 g/mol. The molecule has 1 aromatic rings. The molecule has 3 heterocycles. The van der Waals surface area contributed by atoms with E-state index in [-0.39, 0.29) is 19.9 Å². The third-order valence-electron chi connectivity index (χ3n) is 5.15. The number of nitrogens with zero attached hydrogens (tertiary/aromatic N) is 2. The molecule has 0 aliphatic carbocycles. The lowest BCUT2D eigenvalue weighted by atomic mass is 9.64. The number of rotatable bonds is 5. The van der Waals surface area contributed by atoms with Crippen LogP contribution in [-0.4, -0.2) is 50.3 Å². The summed E-state index contributed by atoms with van der Waals surface area (Å²) in [5, 5.41) is 19.6. The van der Waals surface area contributed by atoms with Gasteiger partial charge in [-0.3, -0.25) is 4.90 Å². The zero-order valence-corrected chi connectivity index (χ0v) is 12.2. The summed E-state index contributed by atoms with van der Waals surface area (Å²) in [4.78, 5) is 2.34. The molecule has 0 spiro atoms. The van der Waals surface area contributed by atoms with Crippen LogP contribution in [0.1, 0.15) is 25.7 Å². The van der Waals surface area contributed by atoms with Crippen molar-refractivity contribution in [3.05, 3.63) is 30.3 Å². The maximum atomic E-state index is 10.8. The molecule has 2 bridgehead atoms. The van der Waals surface area contributed by atoms with Gasteiger partial charge in [-0.05, 0) is 44.5 Å². The molecule has 3 saturated heterocycles. The Morgan fingerprint density at radius 1 is 1.27 bits per heavy atom. The normalized spacial score (nSPS) is 32.8. The Hall–Kier alpha value is -1.51. The molecular formula is C17H25BN2O2. The van der Waals surface area contributed by atoms with E-state index >= 15 is 0 Å². The lowest BCUT2D eigenvalue weighted by molar-refractivity contribution is -0.144. The second kappa shape index (κ2) is 7.17. The van der Waals surface area contributed by atoms with Crippen molar-refractivity contribution in [2.75, 3.05) is 19.7 Å². The number of fused-ring (bicyclic) bond motifs is 3. The van der Waals surface area contributed by atoms with Crippen LogP contribution in [0.3, 0.4) is 0 Å². The molecule has 2 atom stereocenters. The van der Waals surface area contributed by atoms with Crippen LogP contribution in [-0.2, 0) is 0 Å². The van der Waals surface area contributed by atoms with Crippen molar-refractivity contribution in [1.82, 2.24) is 4.90 Å². The number of nitriles is 1. The Balaban J connectivity index is 0.00000176. The summed E-state index contributed by atoms with van der Waals surface area (Å²) in [6.07, 6.45) is 2.94. The second-order valence-corrected chi connectivity index (χ2v) is 6.19. The molecule has 4 nitrogen and oxygen atoms in total. The Kier molecular flexibility index (Phi) is 5.49. The highest BCUT2D eigenvalue weighted by Gasteiger charge is 2.51. The number of piperidine rings is 3. The number of aliphatic hydroxyl groups excluding tert-OH is 1. The lowest BCUT2D eigenvalue weighted by Crippen LogP contribution is -2.65. The van der Waals surface area contributed by atoms with Gasteiger partial charge in [0.05, 0.1) is 26.6 Å². The summed E-state index contributed by atoms with van der Waals surface area (Å²) < 4.78 is 5.85. The van der Waals surface area contributed by atoms with E-state index in [1.807, 2.05) is 30.3 Å². The predicted octanol–water partition coefficient (Wildman–Crippen LogP) is 1.01. The number of aliphatic hydroxyl groups is 1. The third-order valence-corrected chi connectivity index (χ3v) is 5.15. The fraction of sp³-hybridized carbons (Fsp3) is 0.588. The molecule has 0 saturated carbocycles. The minimum Gasteiger partial charge on any atom is -0.492 e. The van der Waals surface area contributed by atoms with E-state index in [4.69, 9.17) is 10.00 Å². The molecule has 3 aliphatic rings. The van der Waals surface area contributed by atoms with Gasteiger partial charge in [0.2, 0.25) is 0 Å². The molecule has 3 fully saturated rings. The third kappa shape index (κ3) is 3.13. The molecule has 0 aromatic heterocycles. The summed E-state index contributed by atoms with van der Waals surface area (Å²) in [7, 11) is 0. The van der Waals surface area contributed by atoms with Crippen LogP contribution in [0, 0.1) is 16.7 Å². The predicted molar refractivity (Wildman–Crippen MR) is 89.8 cm³/mol. The van der Waals surface area contributed by atoms with Gasteiger partial charge in [0, 0.05) is 11.8 Å². The van der Waals surface area contributed by atoms with Gasteiger partial charge in [-0.1, -0.05) is 18.2 Å². The average Bonchev–Trinajstić information content (AvgIpc) is 2.54. The second-order valence-electron chi connectivity index (χ2n) is 6.19. The first-order chi connectivity index (χ1) is 10.2. The highest BCUT2D eigenvalue weighted by Crippen LogP contribution is 2.46. The maximum absolute atomic E-state index is 10.8. The van der Waals surface area contributed by atoms with E-state index in [9.17, 15) is 5.11 Å². The van der Waals surface area contributed by atoms with Crippen LogP contribution in [0.2, 0.25) is 0 Å². The van der Waals surface area contributed by atoms with Crippen molar-refractivity contribution in [1.29, 1.82) is 5.26 Å². The maximum Gasteiger partial charge on any atom is 0.119 e. The molecule has 3 aliphatic heterocycles. The SMILES string of the molecule is B.N#CCCC12CCN(CC1)C(COc1ccccc1)C2O. The van der Waals surface area contributed by atoms with Crippen molar-refractivity contribution in [2.45, 2.75) is 37.8 Å². The van der Waals surface area contributed by atoms with Gasteiger partial charge < -0.3 is 9.84 Å². The molecule has 118 valence electrons. The zero-order chi connectivity index (χ0) is 14.7.